The minimum Gasteiger partial charge on any atom is -0.467 e. The predicted octanol–water partition coefficient (Wildman–Crippen LogP) is 4.25. The van der Waals surface area contributed by atoms with Crippen LogP contribution in [-0.4, -0.2) is 36.3 Å². The minimum absolute atomic E-state index is 0.0414. The summed E-state index contributed by atoms with van der Waals surface area (Å²) in [4.78, 5) is 29.1. The number of benzene rings is 2. The van der Waals surface area contributed by atoms with Crippen LogP contribution in [0.15, 0.2) is 65.3 Å². The van der Waals surface area contributed by atoms with Gasteiger partial charge < -0.3 is 19.5 Å². The van der Waals surface area contributed by atoms with Gasteiger partial charge in [-0.2, -0.15) is 0 Å². The molecule has 0 aliphatic carbocycles. The maximum Gasteiger partial charge on any atom is 0.257 e. The molecule has 1 unspecified atom stereocenters. The van der Waals surface area contributed by atoms with Crippen LogP contribution in [0, 0.1) is 6.92 Å². The van der Waals surface area contributed by atoms with Crippen molar-refractivity contribution < 1.29 is 14.0 Å². The van der Waals surface area contributed by atoms with Crippen LogP contribution < -0.4 is 10.2 Å². The molecule has 1 aliphatic rings. The molecule has 0 saturated heterocycles. The third-order valence-corrected chi connectivity index (χ3v) is 5.70. The van der Waals surface area contributed by atoms with Crippen molar-refractivity contribution in [1.29, 1.82) is 0 Å². The highest BCUT2D eigenvalue weighted by atomic mass is 16.3. The minimum atomic E-state index is -0.244. The fraction of sp³-hybridized carbons (Fsp3) is 0.280. The van der Waals surface area contributed by atoms with Crippen LogP contribution in [-0.2, 0) is 17.8 Å². The molecule has 2 heterocycles. The highest BCUT2D eigenvalue weighted by Crippen LogP contribution is 2.33. The predicted molar refractivity (Wildman–Crippen MR) is 121 cm³/mol. The summed E-state index contributed by atoms with van der Waals surface area (Å²) < 4.78 is 5.68. The number of likely N-dealkylation sites (N-methyl/N-ethyl adjacent to an activating group) is 1. The Labute approximate surface area is 182 Å². The molecule has 1 N–H and O–H groups in total. The van der Waals surface area contributed by atoms with Crippen LogP contribution >= 0.6 is 0 Å². The SMILES string of the molecule is Cc1ccc(NC(=O)CN(C)C(=O)c2ccoc2CN2c3ccccc3CC2C)cc1. The van der Waals surface area contributed by atoms with E-state index >= 15 is 0 Å². The average molecular weight is 418 g/mol. The zero-order chi connectivity index (χ0) is 22.0. The molecule has 1 aliphatic heterocycles. The van der Waals surface area contributed by atoms with E-state index in [1.807, 2.05) is 43.3 Å². The molecule has 1 aromatic heterocycles. The second kappa shape index (κ2) is 8.68. The number of furan rings is 1. The quantitative estimate of drug-likeness (QED) is 0.651. The highest BCUT2D eigenvalue weighted by Gasteiger charge is 2.28. The molecule has 2 aromatic carbocycles. The van der Waals surface area contributed by atoms with Crippen LogP contribution in [0.5, 0.6) is 0 Å². The summed E-state index contributed by atoms with van der Waals surface area (Å²) in [6.07, 6.45) is 2.51. The van der Waals surface area contributed by atoms with Gasteiger partial charge in [-0.1, -0.05) is 35.9 Å². The van der Waals surface area contributed by atoms with E-state index in [2.05, 4.69) is 29.3 Å². The van der Waals surface area contributed by atoms with E-state index < -0.39 is 0 Å². The van der Waals surface area contributed by atoms with Gasteiger partial charge in [-0.05, 0) is 50.1 Å². The van der Waals surface area contributed by atoms with E-state index in [9.17, 15) is 9.59 Å². The standard InChI is InChI=1S/C25H27N3O3/c1-17-8-10-20(11-9-17)26-24(29)16-27(3)25(30)21-12-13-31-23(21)15-28-18(2)14-19-6-4-5-7-22(19)28/h4-13,18H,14-16H2,1-3H3,(H,26,29). The molecule has 31 heavy (non-hydrogen) atoms. The molecule has 2 amide bonds. The summed E-state index contributed by atoms with van der Waals surface area (Å²) in [5.41, 5.74) is 4.80. The first-order chi connectivity index (χ1) is 14.9. The first kappa shape index (κ1) is 20.7. The summed E-state index contributed by atoms with van der Waals surface area (Å²) in [5.74, 6) is 0.133. The Morgan fingerprint density at radius 2 is 1.87 bits per heavy atom. The van der Waals surface area contributed by atoms with Gasteiger partial charge >= 0.3 is 0 Å². The van der Waals surface area contributed by atoms with Gasteiger partial charge in [-0.3, -0.25) is 9.59 Å². The van der Waals surface area contributed by atoms with Gasteiger partial charge in [0.15, 0.2) is 0 Å². The van der Waals surface area contributed by atoms with Crippen molar-refractivity contribution in [1.82, 2.24) is 4.90 Å². The first-order valence-electron chi connectivity index (χ1n) is 10.5. The van der Waals surface area contributed by atoms with Gasteiger partial charge in [0.25, 0.3) is 5.91 Å². The third-order valence-electron chi connectivity index (χ3n) is 5.70. The van der Waals surface area contributed by atoms with E-state index in [-0.39, 0.29) is 18.4 Å². The molecule has 0 saturated carbocycles. The molecular formula is C25H27N3O3. The van der Waals surface area contributed by atoms with Gasteiger partial charge in [-0.25, -0.2) is 0 Å². The summed E-state index contributed by atoms with van der Waals surface area (Å²) in [6, 6.07) is 17.9. The van der Waals surface area contributed by atoms with Crippen molar-refractivity contribution in [3.63, 3.8) is 0 Å². The lowest BCUT2D eigenvalue weighted by Crippen LogP contribution is -2.35. The molecular weight excluding hydrogens is 390 g/mol. The van der Waals surface area contributed by atoms with Crippen LogP contribution in [0.1, 0.15) is 34.2 Å². The zero-order valence-electron chi connectivity index (χ0n) is 18.1. The summed E-state index contributed by atoms with van der Waals surface area (Å²) in [7, 11) is 1.63. The normalized spacial score (nSPS) is 14.9. The van der Waals surface area contributed by atoms with Crippen molar-refractivity contribution in [2.24, 2.45) is 0 Å². The Kier molecular flexibility index (Phi) is 5.80. The molecule has 0 fully saturated rings. The molecule has 0 spiro atoms. The molecule has 160 valence electrons. The smallest absolute Gasteiger partial charge is 0.257 e. The number of rotatable bonds is 6. The van der Waals surface area contributed by atoms with Gasteiger partial charge in [0.1, 0.15) is 5.76 Å². The van der Waals surface area contributed by atoms with Gasteiger partial charge in [-0.15, -0.1) is 0 Å². The van der Waals surface area contributed by atoms with Crippen molar-refractivity contribution in [3.05, 3.63) is 83.3 Å². The van der Waals surface area contributed by atoms with Gasteiger partial charge in [0, 0.05) is 24.5 Å². The number of nitrogens with one attached hydrogen (secondary N) is 1. The third kappa shape index (κ3) is 4.48. The Hall–Kier alpha value is -3.54. The van der Waals surface area contributed by atoms with E-state index in [0.717, 1.165) is 12.0 Å². The Morgan fingerprint density at radius 3 is 2.65 bits per heavy atom. The molecule has 6 nitrogen and oxygen atoms in total. The average Bonchev–Trinajstić information content (AvgIpc) is 3.34. The maximum atomic E-state index is 13.0. The van der Waals surface area contributed by atoms with Crippen LogP contribution in [0.25, 0.3) is 0 Å². The summed E-state index contributed by atoms with van der Waals surface area (Å²) in [5, 5.41) is 2.83. The maximum absolute atomic E-state index is 13.0. The number of hydrogen-bond acceptors (Lipinski definition) is 4. The van der Waals surface area contributed by atoms with E-state index in [1.165, 1.54) is 22.4 Å². The molecule has 0 radical (unpaired) electrons. The Bertz CT molecular complexity index is 1090. The second-order valence-corrected chi connectivity index (χ2v) is 8.14. The van der Waals surface area contributed by atoms with Crippen LogP contribution in [0.3, 0.4) is 0 Å². The van der Waals surface area contributed by atoms with Crippen LogP contribution in [0.2, 0.25) is 0 Å². The fourth-order valence-corrected chi connectivity index (χ4v) is 4.01. The van der Waals surface area contributed by atoms with Crippen LogP contribution in [0.4, 0.5) is 11.4 Å². The topological polar surface area (TPSA) is 65.8 Å². The van der Waals surface area contributed by atoms with Crippen molar-refractivity contribution in [2.75, 3.05) is 23.8 Å². The van der Waals surface area contributed by atoms with Gasteiger partial charge in [0.05, 0.1) is 24.9 Å². The number of hydrogen-bond donors (Lipinski definition) is 1. The van der Waals surface area contributed by atoms with Crippen molar-refractivity contribution >= 4 is 23.2 Å². The lowest BCUT2D eigenvalue weighted by atomic mass is 10.1. The Morgan fingerprint density at radius 1 is 1.13 bits per heavy atom. The lowest BCUT2D eigenvalue weighted by molar-refractivity contribution is -0.116. The molecule has 0 bridgehead atoms. The Balaban J connectivity index is 1.42. The molecule has 4 rings (SSSR count). The molecule has 6 heteroatoms. The first-order valence-corrected chi connectivity index (χ1v) is 10.5. The largest absolute Gasteiger partial charge is 0.467 e. The number of carbonyl (C=O) groups is 2. The van der Waals surface area contributed by atoms with E-state index in [1.54, 1.807) is 13.1 Å². The number of anilines is 2. The van der Waals surface area contributed by atoms with Crippen molar-refractivity contribution in [2.45, 2.75) is 32.9 Å². The highest BCUT2D eigenvalue weighted by molar-refractivity contribution is 5.99. The number of carbonyl (C=O) groups excluding carboxylic acids is 2. The monoisotopic (exact) mass is 417 g/mol. The van der Waals surface area contributed by atoms with Crippen molar-refractivity contribution in [3.8, 4) is 0 Å². The zero-order valence-corrected chi connectivity index (χ0v) is 18.1. The van der Waals surface area contributed by atoms with E-state index in [4.69, 9.17) is 4.42 Å². The number of para-hydroxylation sites is 1. The number of fused-ring (bicyclic) bond motifs is 1. The van der Waals surface area contributed by atoms with Gasteiger partial charge in [0.2, 0.25) is 5.91 Å². The van der Waals surface area contributed by atoms with E-state index in [0.29, 0.717) is 29.6 Å². The fourth-order valence-electron chi connectivity index (χ4n) is 4.01. The lowest BCUT2D eigenvalue weighted by Gasteiger charge is -2.24. The summed E-state index contributed by atoms with van der Waals surface area (Å²) in [6.45, 7) is 4.63. The number of nitrogens with zero attached hydrogens (tertiary/aromatic N) is 2. The second-order valence-electron chi connectivity index (χ2n) is 8.14. The molecule has 3 aromatic rings. The molecule has 1 atom stereocenters. The number of amides is 2. The number of aryl methyl sites for hydroxylation is 1. The summed E-state index contributed by atoms with van der Waals surface area (Å²) >= 11 is 0.